The van der Waals surface area contributed by atoms with Gasteiger partial charge in [0.05, 0.1) is 0 Å². The molecule has 1 aromatic rings. The number of rotatable bonds is 3. The highest BCUT2D eigenvalue weighted by Gasteiger charge is 2.31. The normalized spacial score (nSPS) is 21.5. The lowest BCUT2D eigenvalue weighted by atomic mass is 9.77. The molecule has 1 aromatic carbocycles. The topological polar surface area (TPSA) is 41.1 Å². The van der Waals surface area contributed by atoms with Crippen LogP contribution in [-0.2, 0) is 0 Å². The Labute approximate surface area is 120 Å². The highest BCUT2D eigenvalue weighted by atomic mass is 19.1. The molecular weight excluding hydrogens is 255 g/mol. The summed E-state index contributed by atoms with van der Waals surface area (Å²) in [6.07, 6.45) is 2.34. The lowest BCUT2D eigenvalue weighted by molar-refractivity contribution is 0.0928. The average molecular weight is 278 g/mol. The predicted octanol–water partition coefficient (Wildman–Crippen LogP) is 2.64. The van der Waals surface area contributed by atoms with E-state index in [2.05, 4.69) is 24.5 Å². The Morgan fingerprint density at radius 1 is 1.50 bits per heavy atom. The smallest absolute Gasteiger partial charge is 0.251 e. The molecule has 0 saturated carbocycles. The van der Waals surface area contributed by atoms with Gasteiger partial charge in [0.15, 0.2) is 0 Å². The molecule has 1 aliphatic rings. The van der Waals surface area contributed by atoms with Crippen LogP contribution in [0.25, 0.3) is 0 Å². The molecule has 0 bridgehead atoms. The third kappa shape index (κ3) is 3.37. The third-order valence-electron chi connectivity index (χ3n) is 4.22. The fourth-order valence-corrected chi connectivity index (χ4v) is 2.70. The van der Waals surface area contributed by atoms with E-state index in [1.807, 2.05) is 0 Å². The van der Waals surface area contributed by atoms with Crippen LogP contribution in [0.1, 0.15) is 42.6 Å². The zero-order valence-corrected chi connectivity index (χ0v) is 12.4. The molecule has 0 aromatic heterocycles. The number of aryl methyl sites for hydroxylation is 1. The number of nitrogens with one attached hydrogen (secondary N) is 2. The zero-order valence-electron chi connectivity index (χ0n) is 12.4. The number of hydrogen-bond donors (Lipinski definition) is 2. The number of carbonyl (C=O) groups is 1. The number of carbonyl (C=O) groups excluding carboxylic acids is 1. The largest absolute Gasteiger partial charge is 0.350 e. The summed E-state index contributed by atoms with van der Waals surface area (Å²) in [6, 6.07) is 4.73. The van der Waals surface area contributed by atoms with Crippen LogP contribution >= 0.6 is 0 Å². The maximum Gasteiger partial charge on any atom is 0.251 e. The highest BCUT2D eigenvalue weighted by Crippen LogP contribution is 2.29. The van der Waals surface area contributed by atoms with Crippen molar-refractivity contribution in [1.82, 2.24) is 10.6 Å². The predicted molar refractivity (Wildman–Crippen MR) is 78.3 cm³/mol. The van der Waals surface area contributed by atoms with Gasteiger partial charge in [-0.15, -0.1) is 0 Å². The molecule has 1 heterocycles. The van der Waals surface area contributed by atoms with Gasteiger partial charge in [-0.2, -0.15) is 0 Å². The zero-order chi connectivity index (χ0) is 14.8. The van der Waals surface area contributed by atoms with Crippen LogP contribution in [0.2, 0.25) is 0 Å². The maximum absolute atomic E-state index is 13.2. The van der Waals surface area contributed by atoms with Gasteiger partial charge in [0, 0.05) is 18.2 Å². The molecule has 1 fully saturated rings. The van der Waals surface area contributed by atoms with Crippen molar-refractivity contribution < 1.29 is 9.18 Å². The first-order valence-corrected chi connectivity index (χ1v) is 7.18. The number of benzene rings is 1. The Hall–Kier alpha value is -1.42. The molecular formula is C16H23FN2O. The van der Waals surface area contributed by atoms with Gasteiger partial charge < -0.3 is 10.6 Å². The van der Waals surface area contributed by atoms with Crippen LogP contribution in [0, 0.1) is 18.2 Å². The minimum Gasteiger partial charge on any atom is -0.350 e. The van der Waals surface area contributed by atoms with Gasteiger partial charge >= 0.3 is 0 Å². The second-order valence-electron chi connectivity index (χ2n) is 6.27. The van der Waals surface area contributed by atoms with E-state index in [9.17, 15) is 9.18 Å². The quantitative estimate of drug-likeness (QED) is 0.892. The van der Waals surface area contributed by atoms with E-state index in [0.717, 1.165) is 13.0 Å². The molecule has 1 aliphatic heterocycles. The molecule has 0 aliphatic carbocycles. The second kappa shape index (κ2) is 5.92. The summed E-state index contributed by atoms with van der Waals surface area (Å²) in [5, 5.41) is 6.41. The van der Waals surface area contributed by atoms with Gasteiger partial charge in [0.25, 0.3) is 5.91 Å². The Morgan fingerprint density at radius 2 is 2.25 bits per heavy atom. The Morgan fingerprint density at radius 3 is 2.90 bits per heavy atom. The number of piperidine rings is 1. The van der Waals surface area contributed by atoms with Crippen LogP contribution in [0.15, 0.2) is 18.2 Å². The van der Waals surface area contributed by atoms with Crippen molar-refractivity contribution in [3.63, 3.8) is 0 Å². The van der Waals surface area contributed by atoms with Gasteiger partial charge in [-0.1, -0.05) is 13.8 Å². The van der Waals surface area contributed by atoms with Gasteiger partial charge in [-0.05, 0) is 55.5 Å². The van der Waals surface area contributed by atoms with Crippen molar-refractivity contribution in [2.45, 2.75) is 39.7 Å². The van der Waals surface area contributed by atoms with E-state index in [-0.39, 0.29) is 23.2 Å². The minimum atomic E-state index is -0.281. The van der Waals surface area contributed by atoms with E-state index < -0.39 is 0 Å². The standard InChI is InChI=1S/C16H23FN2O/c1-11-9-12(5-6-13(11)17)15(20)19-10-14-16(2,3)7-4-8-18-14/h5-6,9,14,18H,4,7-8,10H2,1-3H3,(H,19,20). The maximum atomic E-state index is 13.2. The number of hydrogen-bond acceptors (Lipinski definition) is 2. The van der Waals surface area contributed by atoms with Crippen LogP contribution in [0.4, 0.5) is 4.39 Å². The van der Waals surface area contributed by atoms with E-state index in [4.69, 9.17) is 0 Å². The first kappa shape index (κ1) is 15.0. The van der Waals surface area contributed by atoms with E-state index >= 15 is 0 Å². The summed E-state index contributed by atoms with van der Waals surface area (Å²) >= 11 is 0. The van der Waals surface area contributed by atoms with E-state index in [1.165, 1.54) is 18.6 Å². The molecule has 4 heteroatoms. The van der Waals surface area contributed by atoms with E-state index in [1.54, 1.807) is 13.0 Å². The summed E-state index contributed by atoms with van der Waals surface area (Å²) < 4.78 is 13.2. The first-order valence-electron chi connectivity index (χ1n) is 7.18. The first-order chi connectivity index (χ1) is 9.40. The molecule has 1 saturated heterocycles. The SMILES string of the molecule is Cc1cc(C(=O)NCC2NCCCC2(C)C)ccc1F. The van der Waals surface area contributed by atoms with Gasteiger partial charge in [0.1, 0.15) is 5.82 Å². The number of amides is 1. The van der Waals surface area contributed by atoms with Crippen molar-refractivity contribution in [2.24, 2.45) is 5.41 Å². The van der Waals surface area contributed by atoms with Crippen LogP contribution < -0.4 is 10.6 Å². The van der Waals surface area contributed by atoms with Crippen LogP contribution in [0.3, 0.4) is 0 Å². The second-order valence-corrected chi connectivity index (χ2v) is 6.27. The molecule has 1 atom stereocenters. The monoisotopic (exact) mass is 278 g/mol. The van der Waals surface area contributed by atoms with E-state index in [0.29, 0.717) is 17.7 Å². The highest BCUT2D eigenvalue weighted by molar-refractivity contribution is 5.94. The van der Waals surface area contributed by atoms with Gasteiger partial charge in [0.2, 0.25) is 0 Å². The summed E-state index contributed by atoms with van der Waals surface area (Å²) in [4.78, 5) is 12.1. The summed E-state index contributed by atoms with van der Waals surface area (Å²) in [5.74, 6) is -0.423. The van der Waals surface area contributed by atoms with Crippen LogP contribution in [0.5, 0.6) is 0 Å². The molecule has 2 rings (SSSR count). The molecule has 0 spiro atoms. The molecule has 3 nitrogen and oxygen atoms in total. The Bertz CT molecular complexity index is 499. The minimum absolute atomic E-state index is 0.142. The average Bonchev–Trinajstić information content (AvgIpc) is 2.40. The Kier molecular flexibility index (Phi) is 4.43. The van der Waals surface area contributed by atoms with Crippen molar-refractivity contribution in [2.75, 3.05) is 13.1 Å². The number of halogens is 1. The van der Waals surface area contributed by atoms with Crippen LogP contribution in [-0.4, -0.2) is 25.0 Å². The fraction of sp³-hybridized carbons (Fsp3) is 0.562. The Balaban J connectivity index is 1.96. The summed E-state index contributed by atoms with van der Waals surface area (Å²) in [7, 11) is 0. The van der Waals surface area contributed by atoms with Gasteiger partial charge in [-0.25, -0.2) is 4.39 Å². The molecule has 1 unspecified atom stereocenters. The van der Waals surface area contributed by atoms with Crippen molar-refractivity contribution in [3.8, 4) is 0 Å². The van der Waals surface area contributed by atoms with Crippen molar-refractivity contribution in [3.05, 3.63) is 35.1 Å². The molecule has 1 amide bonds. The summed E-state index contributed by atoms with van der Waals surface area (Å²) in [5.41, 5.74) is 1.19. The van der Waals surface area contributed by atoms with Crippen molar-refractivity contribution in [1.29, 1.82) is 0 Å². The lowest BCUT2D eigenvalue weighted by Crippen LogP contribution is -2.52. The van der Waals surface area contributed by atoms with Gasteiger partial charge in [-0.3, -0.25) is 4.79 Å². The molecule has 0 radical (unpaired) electrons. The third-order valence-corrected chi connectivity index (χ3v) is 4.22. The summed E-state index contributed by atoms with van der Waals surface area (Å²) in [6.45, 7) is 7.70. The lowest BCUT2D eigenvalue weighted by Gasteiger charge is -2.39. The molecule has 20 heavy (non-hydrogen) atoms. The molecule has 2 N–H and O–H groups in total. The fourth-order valence-electron chi connectivity index (χ4n) is 2.70. The van der Waals surface area contributed by atoms with Crippen molar-refractivity contribution >= 4 is 5.91 Å². The molecule has 110 valence electrons.